The topological polar surface area (TPSA) is 46.9 Å². The number of fused-ring (bicyclic) bond motifs is 2. The van der Waals surface area contributed by atoms with Crippen molar-refractivity contribution in [2.45, 2.75) is 44.6 Å². The molecule has 0 aromatic carbocycles. The highest BCUT2D eigenvalue weighted by molar-refractivity contribution is 7.14. The van der Waals surface area contributed by atoms with Crippen LogP contribution in [0.5, 0.6) is 0 Å². The van der Waals surface area contributed by atoms with E-state index in [2.05, 4.69) is 16.5 Å². The summed E-state index contributed by atoms with van der Waals surface area (Å²) in [6, 6.07) is 2.21. The van der Waals surface area contributed by atoms with Gasteiger partial charge >= 0.3 is 0 Å². The first-order valence-electron chi connectivity index (χ1n) is 7.65. The van der Waals surface area contributed by atoms with Gasteiger partial charge in [0.25, 0.3) is 5.91 Å². The molecule has 0 unspecified atom stereocenters. The number of amides is 1. The third-order valence-corrected chi connectivity index (χ3v) is 5.89. The first kappa shape index (κ1) is 13.1. The normalized spacial score (nSPS) is 20.1. The Labute approximate surface area is 128 Å². The maximum atomic E-state index is 12.5. The van der Waals surface area contributed by atoms with Gasteiger partial charge in [-0.1, -0.05) is 0 Å². The summed E-state index contributed by atoms with van der Waals surface area (Å²) in [5.41, 5.74) is 3.84. The molecule has 0 bridgehead atoms. The van der Waals surface area contributed by atoms with E-state index in [1.807, 2.05) is 17.9 Å². The second-order valence-corrected chi connectivity index (χ2v) is 7.14. The van der Waals surface area contributed by atoms with E-state index < -0.39 is 0 Å². The molecule has 2 aromatic heterocycles. The number of rotatable bonds is 2. The van der Waals surface area contributed by atoms with E-state index in [9.17, 15) is 4.79 Å². The van der Waals surface area contributed by atoms with Crippen LogP contribution in [0.15, 0.2) is 12.3 Å². The maximum absolute atomic E-state index is 12.5. The Hall–Kier alpha value is -1.62. The van der Waals surface area contributed by atoms with Crippen molar-refractivity contribution in [3.8, 4) is 0 Å². The Morgan fingerprint density at radius 3 is 3.14 bits per heavy atom. The maximum Gasteiger partial charge on any atom is 0.261 e. The van der Waals surface area contributed by atoms with Gasteiger partial charge in [0, 0.05) is 23.2 Å². The molecule has 4 rings (SSSR count). The van der Waals surface area contributed by atoms with Crippen molar-refractivity contribution in [2.75, 3.05) is 0 Å². The Morgan fingerprint density at radius 2 is 2.29 bits per heavy atom. The predicted octanol–water partition coefficient (Wildman–Crippen LogP) is 2.78. The largest absolute Gasteiger partial charge is 0.344 e. The molecule has 21 heavy (non-hydrogen) atoms. The van der Waals surface area contributed by atoms with E-state index in [-0.39, 0.29) is 11.9 Å². The van der Waals surface area contributed by atoms with Crippen LogP contribution in [0.2, 0.25) is 0 Å². The van der Waals surface area contributed by atoms with Crippen LogP contribution < -0.4 is 5.32 Å². The summed E-state index contributed by atoms with van der Waals surface area (Å²) in [6.07, 6.45) is 8.61. The number of hydrogen-bond donors (Lipinski definition) is 1. The summed E-state index contributed by atoms with van der Waals surface area (Å²) < 4.78 is 1.94. The van der Waals surface area contributed by atoms with Crippen LogP contribution in [0, 0.1) is 0 Å². The molecule has 0 saturated carbocycles. The molecule has 2 aromatic rings. The van der Waals surface area contributed by atoms with Crippen molar-refractivity contribution in [3.63, 3.8) is 0 Å². The molecule has 1 amide bonds. The molecule has 110 valence electrons. The Bertz CT molecular complexity index is 679. The van der Waals surface area contributed by atoms with Crippen LogP contribution in [0.1, 0.15) is 56.7 Å². The lowest BCUT2D eigenvalue weighted by atomic mass is 9.93. The van der Waals surface area contributed by atoms with Crippen LogP contribution >= 0.6 is 11.3 Å². The highest BCUT2D eigenvalue weighted by Crippen LogP contribution is 2.32. The zero-order valence-corrected chi connectivity index (χ0v) is 13.0. The summed E-state index contributed by atoms with van der Waals surface area (Å²) in [5.74, 6) is 0.0797. The third kappa shape index (κ3) is 2.20. The fraction of sp³-hybridized carbons (Fsp3) is 0.500. The second kappa shape index (κ2) is 4.98. The lowest BCUT2D eigenvalue weighted by Crippen LogP contribution is -2.30. The average Bonchev–Trinajstić information content (AvgIpc) is 3.14. The Morgan fingerprint density at radius 1 is 1.38 bits per heavy atom. The minimum absolute atomic E-state index is 0.0797. The van der Waals surface area contributed by atoms with Gasteiger partial charge in [-0.15, -0.1) is 11.3 Å². The molecule has 2 heterocycles. The Kier molecular flexibility index (Phi) is 3.10. The molecule has 2 aliphatic carbocycles. The number of aryl methyl sites for hydroxylation is 3. The van der Waals surface area contributed by atoms with E-state index in [1.165, 1.54) is 28.1 Å². The molecule has 0 radical (unpaired) electrons. The van der Waals surface area contributed by atoms with Crippen LogP contribution in [-0.2, 0) is 26.3 Å². The minimum atomic E-state index is 0.0797. The number of hydrogen-bond acceptors (Lipinski definition) is 3. The van der Waals surface area contributed by atoms with Gasteiger partial charge in [0.1, 0.15) is 0 Å². The van der Waals surface area contributed by atoms with Crippen molar-refractivity contribution >= 4 is 17.2 Å². The summed E-state index contributed by atoms with van der Waals surface area (Å²) in [6.45, 7) is 0. The summed E-state index contributed by atoms with van der Waals surface area (Å²) in [7, 11) is 1.98. The predicted molar refractivity (Wildman–Crippen MR) is 82.7 cm³/mol. The quantitative estimate of drug-likeness (QED) is 0.927. The van der Waals surface area contributed by atoms with Crippen LogP contribution in [0.25, 0.3) is 0 Å². The van der Waals surface area contributed by atoms with Crippen molar-refractivity contribution in [1.82, 2.24) is 15.1 Å². The van der Waals surface area contributed by atoms with E-state index in [0.29, 0.717) is 0 Å². The van der Waals surface area contributed by atoms with Crippen molar-refractivity contribution in [2.24, 2.45) is 7.05 Å². The zero-order chi connectivity index (χ0) is 14.4. The molecule has 4 nitrogen and oxygen atoms in total. The van der Waals surface area contributed by atoms with Gasteiger partial charge < -0.3 is 5.32 Å². The zero-order valence-electron chi connectivity index (χ0n) is 12.2. The monoisotopic (exact) mass is 301 g/mol. The molecule has 1 atom stereocenters. The molecule has 5 heteroatoms. The molecule has 0 aliphatic heterocycles. The van der Waals surface area contributed by atoms with Crippen LogP contribution in [0.3, 0.4) is 0 Å². The average molecular weight is 301 g/mol. The van der Waals surface area contributed by atoms with Crippen LogP contribution in [-0.4, -0.2) is 15.7 Å². The molecular formula is C16H19N3OS. The Balaban J connectivity index is 1.54. The molecule has 2 aliphatic rings. The fourth-order valence-corrected chi connectivity index (χ4v) is 4.68. The first-order valence-corrected chi connectivity index (χ1v) is 8.47. The van der Waals surface area contributed by atoms with Crippen molar-refractivity contribution in [1.29, 1.82) is 0 Å². The fourth-order valence-electron chi connectivity index (χ4n) is 3.53. The number of nitrogens with zero attached hydrogens (tertiary/aromatic N) is 2. The molecular weight excluding hydrogens is 282 g/mol. The highest BCUT2D eigenvalue weighted by atomic mass is 32.1. The number of nitrogens with one attached hydrogen (secondary N) is 1. The number of carbonyl (C=O) groups is 1. The summed E-state index contributed by atoms with van der Waals surface area (Å²) in [5, 5.41) is 7.55. The van der Waals surface area contributed by atoms with Gasteiger partial charge in [0.2, 0.25) is 0 Å². The van der Waals surface area contributed by atoms with Crippen LogP contribution in [0.4, 0.5) is 0 Å². The summed E-state index contributed by atoms with van der Waals surface area (Å²) in [4.78, 5) is 14.8. The van der Waals surface area contributed by atoms with Gasteiger partial charge in [0.15, 0.2) is 0 Å². The number of carbonyl (C=O) groups excluding carboxylic acids is 1. The van der Waals surface area contributed by atoms with Gasteiger partial charge in [0.05, 0.1) is 17.1 Å². The van der Waals surface area contributed by atoms with E-state index in [4.69, 9.17) is 0 Å². The first-order chi connectivity index (χ1) is 10.2. The minimum Gasteiger partial charge on any atom is -0.344 e. The van der Waals surface area contributed by atoms with Crippen molar-refractivity contribution < 1.29 is 4.79 Å². The van der Waals surface area contributed by atoms with E-state index >= 15 is 0 Å². The SMILES string of the molecule is Cn1ncc2c1CCC[C@@H]2NC(=O)c1cc2c(s1)CCC2. The summed E-state index contributed by atoms with van der Waals surface area (Å²) >= 11 is 1.67. The number of thiophene rings is 1. The number of aromatic nitrogens is 2. The van der Waals surface area contributed by atoms with Gasteiger partial charge in [-0.25, -0.2) is 0 Å². The molecule has 0 fully saturated rings. The second-order valence-electron chi connectivity index (χ2n) is 6.00. The molecule has 1 N–H and O–H groups in total. The molecule has 0 saturated heterocycles. The van der Waals surface area contributed by atoms with Gasteiger partial charge in [-0.2, -0.15) is 5.10 Å². The van der Waals surface area contributed by atoms with Gasteiger partial charge in [-0.05, 0) is 50.2 Å². The van der Waals surface area contributed by atoms with E-state index in [0.717, 1.165) is 37.0 Å². The molecule has 0 spiro atoms. The van der Waals surface area contributed by atoms with E-state index in [1.54, 1.807) is 11.3 Å². The van der Waals surface area contributed by atoms with Crippen molar-refractivity contribution in [3.05, 3.63) is 38.8 Å². The third-order valence-electron chi connectivity index (χ3n) is 4.65. The smallest absolute Gasteiger partial charge is 0.261 e. The standard InChI is InChI=1S/C16H19N3OS/c1-19-13-6-3-5-12(11(13)9-17-19)18-16(20)15-8-10-4-2-7-14(10)21-15/h8-9,12H,2-7H2,1H3,(H,18,20)/t12-/m0/s1. The lowest BCUT2D eigenvalue weighted by Gasteiger charge is -2.23. The lowest BCUT2D eigenvalue weighted by molar-refractivity contribution is 0.0936. The highest BCUT2D eigenvalue weighted by Gasteiger charge is 2.26. The van der Waals surface area contributed by atoms with Gasteiger partial charge in [-0.3, -0.25) is 9.48 Å².